The molecule has 2 aromatic rings. The zero-order chi connectivity index (χ0) is 17.8. The molecule has 1 aromatic carbocycles. The lowest BCUT2D eigenvalue weighted by atomic mass is 9.97. The number of hydrogen-bond donors (Lipinski definition) is 3. The van der Waals surface area contributed by atoms with Crippen LogP contribution >= 0.6 is 0 Å². The highest BCUT2D eigenvalue weighted by Crippen LogP contribution is 2.20. The zero-order valence-corrected chi connectivity index (χ0v) is 13.4. The van der Waals surface area contributed by atoms with Crippen LogP contribution in [-0.4, -0.2) is 45.2 Å². The van der Waals surface area contributed by atoms with Crippen LogP contribution in [0.25, 0.3) is 10.9 Å². The number of anilines is 1. The van der Waals surface area contributed by atoms with Gasteiger partial charge in [-0.25, -0.2) is 0 Å². The van der Waals surface area contributed by atoms with E-state index in [0.29, 0.717) is 25.9 Å². The summed E-state index contributed by atoms with van der Waals surface area (Å²) in [5, 5.41) is 29.0. The van der Waals surface area contributed by atoms with Crippen LogP contribution in [0.2, 0.25) is 0 Å². The van der Waals surface area contributed by atoms with Crippen molar-refractivity contribution in [2.75, 3.05) is 18.4 Å². The molecule has 25 heavy (non-hydrogen) atoms. The van der Waals surface area contributed by atoms with Gasteiger partial charge in [0.25, 0.3) is 5.91 Å². The van der Waals surface area contributed by atoms with E-state index < -0.39 is 11.9 Å². The SMILES string of the molecule is N#C/C(=C/Nc1ccc2cn[nH]c2c1)C(=O)N1CCC(C(=O)O)CC1. The molecule has 1 fully saturated rings. The van der Waals surface area contributed by atoms with Crippen molar-refractivity contribution in [1.29, 1.82) is 5.26 Å². The van der Waals surface area contributed by atoms with Gasteiger partial charge in [0.05, 0.1) is 17.6 Å². The predicted molar refractivity (Wildman–Crippen MR) is 90.4 cm³/mol. The standard InChI is InChI=1S/C17H17N5O3/c18-8-13(16(23)22-5-3-11(4-6-22)17(24)25)9-19-14-2-1-12-10-20-21-15(12)7-14/h1-2,7,9-11,19H,3-6H2,(H,20,21)(H,24,25)/b13-9-. The Hall–Kier alpha value is -3.34. The Morgan fingerprint density at radius 3 is 2.84 bits per heavy atom. The average Bonchev–Trinajstić information content (AvgIpc) is 3.10. The summed E-state index contributed by atoms with van der Waals surface area (Å²) >= 11 is 0. The number of carboxylic acids is 1. The van der Waals surface area contributed by atoms with E-state index in [9.17, 15) is 14.9 Å². The van der Waals surface area contributed by atoms with E-state index in [1.54, 1.807) is 6.20 Å². The maximum absolute atomic E-state index is 12.4. The molecule has 8 heteroatoms. The minimum absolute atomic E-state index is 0.0153. The fourth-order valence-corrected chi connectivity index (χ4v) is 2.82. The highest BCUT2D eigenvalue weighted by Gasteiger charge is 2.28. The van der Waals surface area contributed by atoms with Gasteiger partial charge in [-0.05, 0) is 31.0 Å². The van der Waals surface area contributed by atoms with Crippen molar-refractivity contribution in [1.82, 2.24) is 15.1 Å². The number of aromatic amines is 1. The molecule has 0 radical (unpaired) electrons. The predicted octanol–water partition coefficient (Wildman–Crippen LogP) is 1.71. The molecule has 0 aliphatic carbocycles. The Labute approximate surface area is 143 Å². The largest absolute Gasteiger partial charge is 0.481 e. The lowest BCUT2D eigenvalue weighted by Gasteiger charge is -2.29. The molecular weight excluding hydrogens is 322 g/mol. The van der Waals surface area contributed by atoms with Gasteiger partial charge in [-0.15, -0.1) is 0 Å². The van der Waals surface area contributed by atoms with Gasteiger partial charge >= 0.3 is 5.97 Å². The summed E-state index contributed by atoms with van der Waals surface area (Å²) in [6.45, 7) is 0.684. The Kier molecular flexibility index (Phi) is 4.66. The zero-order valence-electron chi connectivity index (χ0n) is 13.4. The van der Waals surface area contributed by atoms with Gasteiger partial charge in [0.2, 0.25) is 0 Å². The molecule has 3 rings (SSSR count). The van der Waals surface area contributed by atoms with Gasteiger partial charge in [-0.3, -0.25) is 14.7 Å². The van der Waals surface area contributed by atoms with E-state index in [4.69, 9.17) is 5.11 Å². The molecular formula is C17H17N5O3. The minimum Gasteiger partial charge on any atom is -0.481 e. The number of aromatic nitrogens is 2. The van der Waals surface area contributed by atoms with E-state index in [0.717, 1.165) is 16.6 Å². The van der Waals surface area contributed by atoms with E-state index >= 15 is 0 Å². The Morgan fingerprint density at radius 2 is 2.16 bits per heavy atom. The number of nitrogens with one attached hydrogen (secondary N) is 2. The number of hydrogen-bond acceptors (Lipinski definition) is 5. The number of carbonyl (C=O) groups is 2. The topological polar surface area (TPSA) is 122 Å². The van der Waals surface area contributed by atoms with Gasteiger partial charge in [0, 0.05) is 30.4 Å². The number of amides is 1. The number of benzene rings is 1. The third-order valence-corrected chi connectivity index (χ3v) is 4.31. The molecule has 1 saturated heterocycles. The first-order chi connectivity index (χ1) is 12.1. The van der Waals surface area contributed by atoms with Crippen LogP contribution in [0.15, 0.2) is 36.2 Å². The highest BCUT2D eigenvalue weighted by molar-refractivity contribution is 5.97. The van der Waals surface area contributed by atoms with Crippen LogP contribution < -0.4 is 5.32 Å². The number of piperidine rings is 1. The first kappa shape index (κ1) is 16.5. The fraction of sp³-hybridized carbons (Fsp3) is 0.294. The number of carboxylic acid groups (broad SMARTS) is 1. The summed E-state index contributed by atoms with van der Waals surface area (Å²) in [6.07, 6.45) is 3.90. The molecule has 8 nitrogen and oxygen atoms in total. The van der Waals surface area contributed by atoms with Crippen molar-refractivity contribution in [3.8, 4) is 6.07 Å². The van der Waals surface area contributed by atoms with Gasteiger partial charge in [0.15, 0.2) is 0 Å². The molecule has 3 N–H and O–H groups in total. The van der Waals surface area contributed by atoms with Crippen molar-refractivity contribution < 1.29 is 14.7 Å². The highest BCUT2D eigenvalue weighted by atomic mass is 16.4. The maximum atomic E-state index is 12.4. The number of aliphatic carboxylic acids is 1. The molecule has 1 aliphatic rings. The first-order valence-electron chi connectivity index (χ1n) is 7.90. The second kappa shape index (κ2) is 7.05. The first-order valence-corrected chi connectivity index (χ1v) is 7.90. The number of fused-ring (bicyclic) bond motifs is 1. The van der Waals surface area contributed by atoms with Crippen LogP contribution in [0.4, 0.5) is 5.69 Å². The minimum atomic E-state index is -0.834. The van der Waals surface area contributed by atoms with Crippen LogP contribution in [0.5, 0.6) is 0 Å². The van der Waals surface area contributed by atoms with E-state index in [2.05, 4.69) is 15.5 Å². The summed E-state index contributed by atoms with van der Waals surface area (Å²) in [5.74, 6) is -1.64. The van der Waals surface area contributed by atoms with E-state index in [1.807, 2.05) is 24.3 Å². The second-order valence-electron chi connectivity index (χ2n) is 5.89. The molecule has 1 aromatic heterocycles. The van der Waals surface area contributed by atoms with E-state index in [1.165, 1.54) is 11.1 Å². The van der Waals surface area contributed by atoms with Gasteiger partial charge < -0.3 is 15.3 Å². The molecule has 0 saturated carbocycles. The Morgan fingerprint density at radius 1 is 1.40 bits per heavy atom. The van der Waals surface area contributed by atoms with Gasteiger partial charge in [-0.1, -0.05) is 0 Å². The van der Waals surface area contributed by atoms with Crippen molar-refractivity contribution >= 4 is 28.5 Å². The number of nitrogens with zero attached hydrogens (tertiary/aromatic N) is 3. The third kappa shape index (κ3) is 3.61. The number of H-pyrrole nitrogens is 1. The van der Waals surface area contributed by atoms with Crippen LogP contribution in [-0.2, 0) is 9.59 Å². The van der Waals surface area contributed by atoms with Gasteiger partial charge in [-0.2, -0.15) is 10.4 Å². The van der Waals surface area contributed by atoms with Crippen molar-refractivity contribution in [2.24, 2.45) is 5.92 Å². The Balaban J connectivity index is 1.66. The smallest absolute Gasteiger partial charge is 0.306 e. The normalized spacial score (nSPS) is 15.8. The van der Waals surface area contributed by atoms with Crippen LogP contribution in [0.1, 0.15) is 12.8 Å². The molecule has 1 amide bonds. The molecule has 0 unspecified atom stereocenters. The number of carbonyl (C=O) groups excluding carboxylic acids is 1. The molecule has 2 heterocycles. The van der Waals surface area contributed by atoms with Crippen LogP contribution in [0, 0.1) is 17.2 Å². The molecule has 1 aliphatic heterocycles. The number of likely N-dealkylation sites (tertiary alicyclic amines) is 1. The lowest BCUT2D eigenvalue weighted by Crippen LogP contribution is -2.40. The maximum Gasteiger partial charge on any atom is 0.306 e. The van der Waals surface area contributed by atoms with Crippen molar-refractivity contribution in [3.63, 3.8) is 0 Å². The summed E-state index contributed by atoms with van der Waals surface area (Å²) in [6, 6.07) is 7.44. The third-order valence-electron chi connectivity index (χ3n) is 4.31. The molecule has 0 bridgehead atoms. The monoisotopic (exact) mass is 339 g/mol. The summed E-state index contributed by atoms with van der Waals surface area (Å²) in [4.78, 5) is 24.9. The quantitative estimate of drug-likeness (QED) is 0.576. The van der Waals surface area contributed by atoms with Gasteiger partial charge in [0.1, 0.15) is 11.6 Å². The summed E-state index contributed by atoms with van der Waals surface area (Å²) in [7, 11) is 0. The van der Waals surface area contributed by atoms with E-state index in [-0.39, 0.29) is 11.5 Å². The Bertz CT molecular complexity index is 872. The second-order valence-corrected chi connectivity index (χ2v) is 5.89. The van der Waals surface area contributed by atoms with Crippen molar-refractivity contribution in [2.45, 2.75) is 12.8 Å². The number of nitriles is 1. The summed E-state index contributed by atoms with van der Waals surface area (Å²) < 4.78 is 0. The van der Waals surface area contributed by atoms with Crippen molar-refractivity contribution in [3.05, 3.63) is 36.2 Å². The fourth-order valence-electron chi connectivity index (χ4n) is 2.82. The molecule has 0 spiro atoms. The summed E-state index contributed by atoms with van der Waals surface area (Å²) in [5.41, 5.74) is 1.55. The van der Waals surface area contributed by atoms with Crippen LogP contribution in [0.3, 0.4) is 0 Å². The number of rotatable bonds is 4. The average molecular weight is 339 g/mol. The lowest BCUT2D eigenvalue weighted by molar-refractivity contribution is -0.145. The molecule has 128 valence electrons. The molecule has 0 atom stereocenters.